The van der Waals surface area contributed by atoms with Crippen LogP contribution in [0.3, 0.4) is 0 Å². The molecule has 0 aliphatic heterocycles. The number of nitrogens with one attached hydrogen (secondary N) is 1. The zero-order valence-electron chi connectivity index (χ0n) is 22.9. The van der Waals surface area contributed by atoms with Gasteiger partial charge in [-0.15, -0.1) is 0 Å². The molecule has 1 N–H and O–H groups in total. The number of likely N-dealkylation sites (N-methyl/N-ethyl adjacent to an activating group) is 1. The topological polar surface area (TPSA) is 77.1 Å². The van der Waals surface area contributed by atoms with E-state index in [4.69, 9.17) is 13.6 Å². The van der Waals surface area contributed by atoms with Gasteiger partial charge in [0.05, 0.1) is 17.7 Å². The Bertz CT molecular complexity index is 1070. The molecule has 0 saturated carbocycles. The molecule has 1 amide bonds. The highest BCUT2D eigenvalue weighted by molar-refractivity contribution is 9.10. The first kappa shape index (κ1) is 30.5. The lowest BCUT2D eigenvalue weighted by Crippen LogP contribution is -2.33. The third-order valence-electron chi connectivity index (χ3n) is 4.96. The minimum Gasteiger partial charge on any atom is -0.404 e. The zero-order valence-corrected chi connectivity index (χ0v) is 25.4. The van der Waals surface area contributed by atoms with E-state index in [1.54, 1.807) is 53.7 Å². The first-order valence-electron chi connectivity index (χ1n) is 12.1. The molecule has 2 aromatic carbocycles. The van der Waals surface area contributed by atoms with Crippen molar-refractivity contribution in [3.05, 3.63) is 57.6 Å². The molecule has 0 spiro atoms. The second-order valence-corrected chi connectivity index (χ2v) is 13.2. The lowest BCUT2D eigenvalue weighted by molar-refractivity contribution is -0.117. The number of halogens is 1. The van der Waals surface area contributed by atoms with Gasteiger partial charge in [0.15, 0.2) is 0 Å². The fourth-order valence-electron chi connectivity index (χ4n) is 3.52. The fourth-order valence-corrected chi connectivity index (χ4v) is 5.80. The molecule has 0 unspecified atom stereocenters. The Morgan fingerprint density at radius 1 is 1.00 bits per heavy atom. The Labute approximate surface area is 224 Å². The SMILES string of the molecule is CCN(CC(=O)Nc1c(C)cccc1C)Cc1cc(Br)ccc1OP(=O)(OC(C)(C)C)OC(C)(C)C. The van der Waals surface area contributed by atoms with Gasteiger partial charge in [0.25, 0.3) is 0 Å². The summed E-state index contributed by atoms with van der Waals surface area (Å²) in [5.41, 5.74) is 2.12. The quantitative estimate of drug-likeness (QED) is 0.290. The molecule has 0 atom stereocenters. The number of hydrogen-bond donors (Lipinski definition) is 1. The number of benzene rings is 2. The van der Waals surface area contributed by atoms with Crippen LogP contribution < -0.4 is 9.84 Å². The van der Waals surface area contributed by atoms with Crippen LogP contribution in [0.1, 0.15) is 65.2 Å². The number of rotatable bonds is 10. The van der Waals surface area contributed by atoms with Gasteiger partial charge in [0, 0.05) is 22.3 Å². The monoisotopic (exact) mass is 582 g/mol. The van der Waals surface area contributed by atoms with Gasteiger partial charge in [-0.2, -0.15) is 0 Å². The molecule has 36 heavy (non-hydrogen) atoms. The average molecular weight is 584 g/mol. The molecular formula is C27H40BrN2O5P. The van der Waals surface area contributed by atoms with Crippen LogP contribution in [0.25, 0.3) is 0 Å². The molecule has 0 aliphatic rings. The van der Waals surface area contributed by atoms with Crippen LogP contribution in [0.15, 0.2) is 40.9 Å². The van der Waals surface area contributed by atoms with Gasteiger partial charge in [-0.05, 0) is 91.3 Å². The molecule has 0 saturated heterocycles. The molecule has 0 aromatic heterocycles. The second kappa shape index (κ2) is 12.2. The Hall–Kier alpha value is -1.70. The summed E-state index contributed by atoms with van der Waals surface area (Å²) in [4.78, 5) is 14.9. The molecule has 0 fully saturated rings. The molecule has 9 heteroatoms. The summed E-state index contributed by atoms with van der Waals surface area (Å²) in [6, 6.07) is 11.3. The highest BCUT2D eigenvalue weighted by Gasteiger charge is 2.39. The van der Waals surface area contributed by atoms with E-state index in [0.29, 0.717) is 18.8 Å². The van der Waals surface area contributed by atoms with E-state index >= 15 is 0 Å². The first-order chi connectivity index (χ1) is 16.5. The molecule has 2 aromatic rings. The van der Waals surface area contributed by atoms with Crippen molar-refractivity contribution in [1.29, 1.82) is 0 Å². The number of aryl methyl sites for hydroxylation is 2. The lowest BCUT2D eigenvalue weighted by atomic mass is 10.1. The van der Waals surface area contributed by atoms with Gasteiger partial charge >= 0.3 is 7.82 Å². The van der Waals surface area contributed by atoms with E-state index in [2.05, 4.69) is 21.2 Å². The van der Waals surface area contributed by atoms with Gasteiger partial charge in [0.1, 0.15) is 5.75 Å². The van der Waals surface area contributed by atoms with E-state index < -0.39 is 19.0 Å². The van der Waals surface area contributed by atoms with Crippen molar-refractivity contribution in [2.45, 2.75) is 80.1 Å². The Kier molecular flexibility index (Phi) is 10.4. The summed E-state index contributed by atoms with van der Waals surface area (Å²) in [5, 5.41) is 3.04. The van der Waals surface area contributed by atoms with Crippen molar-refractivity contribution in [2.75, 3.05) is 18.4 Å². The third-order valence-corrected chi connectivity index (χ3v) is 7.41. The predicted octanol–water partition coefficient (Wildman–Crippen LogP) is 7.64. The van der Waals surface area contributed by atoms with E-state index in [9.17, 15) is 9.36 Å². The van der Waals surface area contributed by atoms with E-state index in [-0.39, 0.29) is 12.5 Å². The Morgan fingerprint density at radius 2 is 1.56 bits per heavy atom. The normalized spacial score (nSPS) is 12.6. The summed E-state index contributed by atoms with van der Waals surface area (Å²) in [6.07, 6.45) is 0. The summed E-state index contributed by atoms with van der Waals surface area (Å²) < 4.78 is 32.1. The standard InChI is InChI=1S/C27H40BrN2O5P/c1-10-30(18-24(31)29-25-19(2)12-11-13-20(25)3)17-21-16-22(28)14-15-23(21)33-36(32,34-26(4,5)6)35-27(7,8)9/h11-16H,10,17-18H2,1-9H3,(H,29,31). The van der Waals surface area contributed by atoms with Crippen molar-refractivity contribution >= 4 is 35.3 Å². The number of nitrogens with zero attached hydrogens (tertiary/aromatic N) is 1. The third kappa shape index (κ3) is 9.98. The highest BCUT2D eigenvalue weighted by atomic mass is 79.9. The number of para-hydroxylation sites is 1. The number of phosphoric acid groups is 1. The molecule has 2 rings (SSSR count). The molecule has 7 nitrogen and oxygen atoms in total. The molecule has 200 valence electrons. The largest absolute Gasteiger partial charge is 0.531 e. The maximum atomic E-state index is 13.7. The van der Waals surface area contributed by atoms with Crippen molar-refractivity contribution in [2.24, 2.45) is 0 Å². The van der Waals surface area contributed by atoms with Gasteiger partial charge in [-0.1, -0.05) is 41.1 Å². The van der Waals surface area contributed by atoms with Gasteiger partial charge in [0.2, 0.25) is 5.91 Å². The maximum absolute atomic E-state index is 13.7. The number of carbonyl (C=O) groups is 1. The van der Waals surface area contributed by atoms with Crippen molar-refractivity contribution in [3.8, 4) is 5.75 Å². The van der Waals surface area contributed by atoms with Crippen molar-refractivity contribution < 1.29 is 22.9 Å². The fraction of sp³-hybridized carbons (Fsp3) is 0.519. The van der Waals surface area contributed by atoms with E-state index in [0.717, 1.165) is 26.9 Å². The molecule has 0 radical (unpaired) electrons. The highest BCUT2D eigenvalue weighted by Crippen LogP contribution is 2.55. The summed E-state index contributed by atoms with van der Waals surface area (Å²) in [6.45, 7) is 17.9. The average Bonchev–Trinajstić information content (AvgIpc) is 2.69. The Balaban J connectivity index is 2.27. The van der Waals surface area contributed by atoms with Crippen molar-refractivity contribution in [3.63, 3.8) is 0 Å². The summed E-state index contributed by atoms with van der Waals surface area (Å²) >= 11 is 3.51. The number of anilines is 1. The van der Waals surface area contributed by atoms with E-state index in [1.165, 1.54) is 0 Å². The molecule has 0 heterocycles. The van der Waals surface area contributed by atoms with Crippen LogP contribution in [0.2, 0.25) is 0 Å². The number of phosphoric ester groups is 1. The van der Waals surface area contributed by atoms with Crippen LogP contribution in [-0.4, -0.2) is 35.1 Å². The zero-order chi connectivity index (χ0) is 27.3. The maximum Gasteiger partial charge on any atom is 0.531 e. The lowest BCUT2D eigenvalue weighted by Gasteiger charge is -2.31. The molecule has 0 bridgehead atoms. The molecule has 0 aliphatic carbocycles. The number of carbonyl (C=O) groups excluding carboxylic acids is 1. The first-order valence-corrected chi connectivity index (χ1v) is 14.3. The van der Waals surface area contributed by atoms with Crippen LogP contribution in [-0.2, 0) is 25.0 Å². The minimum atomic E-state index is -3.98. The van der Waals surface area contributed by atoms with Crippen molar-refractivity contribution in [1.82, 2.24) is 4.90 Å². The minimum absolute atomic E-state index is 0.107. The van der Waals surface area contributed by atoms with Crippen LogP contribution >= 0.6 is 23.8 Å². The number of amides is 1. The van der Waals surface area contributed by atoms with Gasteiger partial charge < -0.3 is 9.84 Å². The van der Waals surface area contributed by atoms with Crippen LogP contribution in [0.4, 0.5) is 5.69 Å². The van der Waals surface area contributed by atoms with Crippen LogP contribution in [0, 0.1) is 13.8 Å². The predicted molar refractivity (Wildman–Crippen MR) is 150 cm³/mol. The molecular weight excluding hydrogens is 543 g/mol. The summed E-state index contributed by atoms with van der Waals surface area (Å²) in [7, 11) is -3.98. The van der Waals surface area contributed by atoms with Crippen LogP contribution in [0.5, 0.6) is 5.75 Å². The van der Waals surface area contributed by atoms with Gasteiger partial charge in [-0.3, -0.25) is 18.7 Å². The second-order valence-electron chi connectivity index (χ2n) is 10.8. The summed E-state index contributed by atoms with van der Waals surface area (Å²) in [5.74, 6) is 0.271. The number of hydrogen-bond acceptors (Lipinski definition) is 6. The van der Waals surface area contributed by atoms with E-state index in [1.807, 2.05) is 49.9 Å². The smallest absolute Gasteiger partial charge is 0.404 e. The van der Waals surface area contributed by atoms with Gasteiger partial charge in [-0.25, -0.2) is 4.57 Å². The Morgan fingerprint density at radius 3 is 2.06 bits per heavy atom.